The molecule has 92 valence electrons. The minimum absolute atomic E-state index is 1.15. The van der Waals surface area contributed by atoms with Crippen LogP contribution in [0.2, 0.25) is 0 Å². The fraction of sp³-hybridized carbons (Fsp3) is 0.429. The van der Waals surface area contributed by atoms with E-state index in [1.54, 1.807) is 0 Å². The summed E-state index contributed by atoms with van der Waals surface area (Å²) in [6, 6.07) is 0. The minimum Gasteiger partial charge on any atom is -0.136 e. The van der Waals surface area contributed by atoms with Gasteiger partial charge in [-0.25, -0.2) is 0 Å². The molecule has 0 saturated carbocycles. The maximum atomic E-state index is 2.31. The van der Waals surface area contributed by atoms with Crippen LogP contribution in [0.5, 0.6) is 0 Å². The summed E-state index contributed by atoms with van der Waals surface area (Å²) in [5, 5.41) is 4.61. The SMILES string of the molecule is CCc1csc(Sc2scc(CC)c2C)c1C. The lowest BCUT2D eigenvalue weighted by atomic mass is 10.2. The summed E-state index contributed by atoms with van der Waals surface area (Å²) >= 11 is 5.73. The average Bonchev–Trinajstić information content (AvgIpc) is 2.85. The molecule has 0 radical (unpaired) electrons. The van der Waals surface area contributed by atoms with Gasteiger partial charge in [-0.3, -0.25) is 0 Å². The fourth-order valence-corrected chi connectivity index (χ4v) is 5.72. The molecule has 0 atom stereocenters. The van der Waals surface area contributed by atoms with Crippen molar-refractivity contribution in [3.05, 3.63) is 33.0 Å². The van der Waals surface area contributed by atoms with Crippen molar-refractivity contribution in [3.63, 3.8) is 0 Å². The third kappa shape index (κ3) is 2.61. The van der Waals surface area contributed by atoms with Crippen molar-refractivity contribution in [2.45, 2.75) is 49.0 Å². The first-order valence-corrected chi connectivity index (χ1v) is 8.56. The lowest BCUT2D eigenvalue weighted by Gasteiger charge is -2.01. The lowest BCUT2D eigenvalue weighted by Crippen LogP contribution is -1.81. The Morgan fingerprint density at radius 1 is 0.882 bits per heavy atom. The van der Waals surface area contributed by atoms with E-state index in [1.807, 2.05) is 34.4 Å². The molecule has 2 heterocycles. The topological polar surface area (TPSA) is 0 Å². The molecule has 0 aliphatic carbocycles. The Bertz CT molecular complexity index is 459. The normalized spacial score (nSPS) is 11.1. The number of hydrogen-bond acceptors (Lipinski definition) is 3. The van der Waals surface area contributed by atoms with Gasteiger partial charge in [0.05, 0.1) is 8.42 Å². The predicted octanol–water partition coefficient (Wildman–Crippen LogP) is 5.70. The Morgan fingerprint density at radius 2 is 1.29 bits per heavy atom. The molecule has 0 fully saturated rings. The van der Waals surface area contributed by atoms with Gasteiger partial charge in [-0.15, -0.1) is 22.7 Å². The molecule has 0 unspecified atom stereocenters. The van der Waals surface area contributed by atoms with Crippen LogP contribution in [0.15, 0.2) is 19.2 Å². The van der Waals surface area contributed by atoms with Crippen LogP contribution in [0.1, 0.15) is 36.1 Å². The zero-order valence-electron chi connectivity index (χ0n) is 10.8. The number of rotatable bonds is 4. The summed E-state index contributed by atoms with van der Waals surface area (Å²) in [7, 11) is 0. The molecule has 0 N–H and O–H groups in total. The van der Waals surface area contributed by atoms with Gasteiger partial charge in [0.25, 0.3) is 0 Å². The maximum absolute atomic E-state index is 2.31. The Labute approximate surface area is 116 Å². The van der Waals surface area contributed by atoms with Gasteiger partial charge in [0.1, 0.15) is 0 Å². The molecule has 2 aromatic heterocycles. The third-order valence-corrected chi connectivity index (χ3v) is 7.05. The maximum Gasteiger partial charge on any atom is 0.0686 e. The van der Waals surface area contributed by atoms with Crippen molar-refractivity contribution in [2.75, 3.05) is 0 Å². The summed E-state index contributed by atoms with van der Waals surface area (Å²) in [6.07, 6.45) is 2.29. The Balaban J connectivity index is 2.25. The smallest absolute Gasteiger partial charge is 0.0686 e. The first kappa shape index (κ1) is 13.2. The molecule has 2 rings (SSSR count). The first-order valence-electron chi connectivity index (χ1n) is 5.99. The van der Waals surface area contributed by atoms with Crippen molar-refractivity contribution >= 4 is 34.4 Å². The van der Waals surface area contributed by atoms with Gasteiger partial charge in [0.2, 0.25) is 0 Å². The third-order valence-electron chi connectivity index (χ3n) is 3.14. The van der Waals surface area contributed by atoms with Gasteiger partial charge in [0, 0.05) is 0 Å². The molecular formula is C14H18S3. The van der Waals surface area contributed by atoms with Gasteiger partial charge in [-0.2, -0.15) is 0 Å². The second kappa shape index (κ2) is 5.59. The molecule has 0 nitrogen and oxygen atoms in total. The molecule has 2 aromatic rings. The molecular weight excluding hydrogens is 264 g/mol. The highest BCUT2D eigenvalue weighted by atomic mass is 32.2. The van der Waals surface area contributed by atoms with Crippen LogP contribution in [0.25, 0.3) is 0 Å². The van der Waals surface area contributed by atoms with Crippen molar-refractivity contribution in [2.24, 2.45) is 0 Å². The van der Waals surface area contributed by atoms with Gasteiger partial charge in [-0.05, 0) is 59.7 Å². The highest BCUT2D eigenvalue weighted by Crippen LogP contribution is 2.41. The molecule has 17 heavy (non-hydrogen) atoms. The molecule has 0 bridgehead atoms. The van der Waals surface area contributed by atoms with Crippen LogP contribution in [-0.4, -0.2) is 0 Å². The van der Waals surface area contributed by atoms with Crippen LogP contribution in [-0.2, 0) is 12.8 Å². The van der Waals surface area contributed by atoms with Crippen LogP contribution in [0.3, 0.4) is 0 Å². The van der Waals surface area contributed by atoms with E-state index in [1.165, 1.54) is 30.7 Å². The van der Waals surface area contributed by atoms with E-state index in [2.05, 4.69) is 38.5 Å². The number of thiophene rings is 2. The highest BCUT2D eigenvalue weighted by Gasteiger charge is 2.12. The highest BCUT2D eigenvalue weighted by molar-refractivity contribution is 8.03. The Hall–Kier alpha value is -0.250. The van der Waals surface area contributed by atoms with Crippen LogP contribution in [0.4, 0.5) is 0 Å². The zero-order chi connectivity index (χ0) is 12.4. The first-order chi connectivity index (χ1) is 8.17. The fourth-order valence-electron chi connectivity index (χ4n) is 1.85. The zero-order valence-corrected chi connectivity index (χ0v) is 13.2. The predicted molar refractivity (Wildman–Crippen MR) is 81.0 cm³/mol. The standard InChI is InChI=1S/C14H18S3/c1-5-11-7-15-13(9(11)3)17-14-10(4)12(6-2)8-16-14/h7-8H,5-6H2,1-4H3. The van der Waals surface area contributed by atoms with Gasteiger partial charge in [0.15, 0.2) is 0 Å². The Kier molecular flexibility index (Phi) is 4.34. The Morgan fingerprint density at radius 3 is 1.59 bits per heavy atom. The summed E-state index contributed by atoms with van der Waals surface area (Å²) < 4.78 is 2.93. The second-order valence-electron chi connectivity index (χ2n) is 4.16. The van der Waals surface area contributed by atoms with Crippen molar-refractivity contribution in [1.29, 1.82) is 0 Å². The number of aryl methyl sites for hydroxylation is 2. The largest absolute Gasteiger partial charge is 0.136 e. The monoisotopic (exact) mass is 282 g/mol. The lowest BCUT2D eigenvalue weighted by molar-refractivity contribution is 1.11. The summed E-state index contributed by atoms with van der Waals surface area (Å²) in [6.45, 7) is 8.97. The summed E-state index contributed by atoms with van der Waals surface area (Å²) in [5.74, 6) is 0. The summed E-state index contributed by atoms with van der Waals surface area (Å²) in [4.78, 5) is 0. The quantitative estimate of drug-likeness (QED) is 0.693. The van der Waals surface area contributed by atoms with Gasteiger partial charge >= 0.3 is 0 Å². The molecule has 0 spiro atoms. The summed E-state index contributed by atoms with van der Waals surface area (Å²) in [5.41, 5.74) is 5.96. The van der Waals surface area contributed by atoms with Crippen LogP contribution >= 0.6 is 34.4 Å². The molecule has 0 aromatic carbocycles. The molecule has 0 saturated heterocycles. The van der Waals surface area contributed by atoms with Crippen molar-refractivity contribution < 1.29 is 0 Å². The molecule has 0 amide bonds. The van der Waals surface area contributed by atoms with Crippen molar-refractivity contribution in [1.82, 2.24) is 0 Å². The molecule has 0 aliphatic rings. The van der Waals surface area contributed by atoms with E-state index in [0.29, 0.717) is 0 Å². The molecule has 3 heteroatoms. The van der Waals surface area contributed by atoms with E-state index in [4.69, 9.17) is 0 Å². The van der Waals surface area contributed by atoms with Crippen molar-refractivity contribution in [3.8, 4) is 0 Å². The van der Waals surface area contributed by atoms with E-state index >= 15 is 0 Å². The van der Waals surface area contributed by atoms with E-state index in [9.17, 15) is 0 Å². The van der Waals surface area contributed by atoms with E-state index in [0.717, 1.165) is 12.8 Å². The van der Waals surface area contributed by atoms with Gasteiger partial charge in [-0.1, -0.05) is 25.6 Å². The van der Waals surface area contributed by atoms with E-state index < -0.39 is 0 Å². The van der Waals surface area contributed by atoms with E-state index in [-0.39, 0.29) is 0 Å². The van der Waals surface area contributed by atoms with Crippen LogP contribution in [0, 0.1) is 13.8 Å². The average molecular weight is 282 g/mol. The second-order valence-corrected chi connectivity index (χ2v) is 7.45. The number of hydrogen-bond donors (Lipinski definition) is 0. The molecule has 0 aliphatic heterocycles. The minimum atomic E-state index is 1.15. The van der Waals surface area contributed by atoms with Crippen LogP contribution < -0.4 is 0 Å². The van der Waals surface area contributed by atoms with Gasteiger partial charge < -0.3 is 0 Å².